The smallest absolute Gasteiger partial charge is 0.411 e. The third kappa shape index (κ3) is 17.9. The van der Waals surface area contributed by atoms with Crippen molar-refractivity contribution in [1.82, 2.24) is 21.0 Å². The maximum Gasteiger partial charge on any atom is 0.411 e. The van der Waals surface area contributed by atoms with E-state index in [-0.39, 0.29) is 106 Å². The average molecular weight is 1450 g/mol. The highest BCUT2D eigenvalue weighted by atomic mass is 127. The molecule has 2 aliphatic carbocycles. The van der Waals surface area contributed by atoms with Gasteiger partial charge in [-0.05, 0) is 88.4 Å². The number of carbonyl (C=O) groups is 3. The predicted molar refractivity (Wildman–Crippen MR) is 347 cm³/mol. The molecule has 508 valence electrons. The number of alkyl carbamates (subject to hydrolysis) is 1. The summed E-state index contributed by atoms with van der Waals surface area (Å²) < 4.78 is 72.6. The Morgan fingerprint density at radius 1 is 0.901 bits per heavy atom. The number of carbonyl (C=O) groups excluding carboxylic acids is 3. The number of amides is 2. The molecule has 6 aliphatic rings. The van der Waals surface area contributed by atoms with E-state index in [0.717, 1.165) is 7.11 Å². The Morgan fingerprint density at radius 3 is 2.25 bits per heavy atom. The lowest BCUT2D eigenvalue weighted by atomic mass is 9.75. The van der Waals surface area contributed by atoms with Crippen molar-refractivity contribution in [2.24, 2.45) is 0 Å². The van der Waals surface area contributed by atoms with Crippen LogP contribution in [0.3, 0.4) is 0 Å². The molecule has 91 heavy (non-hydrogen) atoms. The average Bonchev–Trinajstić information content (AvgIpc) is 0.803. The molecule has 19 atom stereocenters. The van der Waals surface area contributed by atoms with E-state index < -0.39 is 126 Å². The molecular formula is C61H87IN4O22S3. The van der Waals surface area contributed by atoms with Crippen molar-refractivity contribution in [2.45, 2.75) is 194 Å². The van der Waals surface area contributed by atoms with Crippen molar-refractivity contribution in [3.8, 4) is 40.9 Å². The molecule has 9 N–H and O–H groups in total. The third-order valence-corrected chi connectivity index (χ3v) is 22.1. The van der Waals surface area contributed by atoms with Gasteiger partial charge in [0.05, 0.1) is 97.0 Å². The molecule has 30 heteroatoms. The summed E-state index contributed by atoms with van der Waals surface area (Å²) in [7, 11) is 13.0. The number of aliphatic hydroxyl groups excluding tert-OH is 5. The molecule has 4 saturated heterocycles. The van der Waals surface area contributed by atoms with Crippen LogP contribution in [0.4, 0.5) is 4.79 Å². The molecular weight excluding hydrogens is 1360 g/mol. The number of rotatable bonds is 24. The van der Waals surface area contributed by atoms with Gasteiger partial charge in [-0.25, -0.2) is 4.79 Å². The zero-order chi connectivity index (χ0) is 66.8. The maximum atomic E-state index is 14.3. The second kappa shape index (κ2) is 33.3. The fraction of sp³-hybridized carbons (Fsp3) is 0.672. The highest BCUT2D eigenvalue weighted by molar-refractivity contribution is 14.1. The molecule has 0 unspecified atom stereocenters. The van der Waals surface area contributed by atoms with E-state index >= 15 is 0 Å². The number of halogens is 1. The Balaban J connectivity index is 1.15. The Morgan fingerprint density at radius 2 is 1.60 bits per heavy atom. The Kier molecular flexibility index (Phi) is 27.4. The zero-order valence-corrected chi connectivity index (χ0v) is 58.1. The third-order valence-electron chi connectivity index (χ3n) is 16.1. The Bertz CT molecular complexity index is 2990. The van der Waals surface area contributed by atoms with E-state index in [1.807, 2.05) is 43.4 Å². The normalized spacial score (nSPS) is 34.2. The van der Waals surface area contributed by atoms with Crippen LogP contribution in [0.15, 0.2) is 35.1 Å². The number of likely N-dealkylation sites (N-methyl/N-ethyl adjacent to an activating group) is 1. The molecule has 0 aromatic heterocycles. The lowest BCUT2D eigenvalue weighted by molar-refractivity contribution is -0.336. The quantitative estimate of drug-likeness (QED) is 0.0135. The molecule has 1 aromatic rings. The number of fused-ring (bicyclic) bond motifs is 2. The molecule has 1 aromatic carbocycles. The number of nitrogens with one attached hydrogen (secondary N) is 3. The minimum atomic E-state index is -2.14. The van der Waals surface area contributed by atoms with Crippen LogP contribution in [0, 0.1) is 34.2 Å². The van der Waals surface area contributed by atoms with Crippen molar-refractivity contribution in [1.29, 1.82) is 0 Å². The minimum Gasteiger partial charge on any atom is -0.492 e. The Hall–Kier alpha value is -3.66. The summed E-state index contributed by atoms with van der Waals surface area (Å²) in [5.74, 6) is 11.3. The van der Waals surface area contributed by atoms with Gasteiger partial charge in [0.25, 0.3) is 0 Å². The van der Waals surface area contributed by atoms with E-state index in [1.54, 1.807) is 55.0 Å². The van der Waals surface area contributed by atoms with Crippen LogP contribution >= 0.6 is 55.5 Å². The standard InChI is InChI=1S/C61H87IN4O22S3/c1-15-63-34-28-81-40(25-38(34)76-10)86-53-48(71)45(65-88-41-24-35(67)55(32(5)82-41)90-56(73)42-29(2)44(62)51(54(79-13)50(42)77-11)87-57-49(72)52(78-12)47(70)31(4)84-57)30(3)83-58(53)85-37-20-18-16-17-19-22-61(75)26-36(68)46(64-59(74)80-14)43(37)33(61)21-23-89-91-60(6,7)27-39(69)66(8)9/h16-17,21,30-32,34-35,37-38,40-41,45,47-49,52-53,55,57-58,63,65,67,70-73,75,90H,15,23-28H2,1-14H3,(H,64,74)/b17-16?,33-21+/t30-,31+,32-,34+,35+,37+,38+,40+,41+,45-,47+,48+,49-,52-,53-,55-,57+,58+,61+/m1/s1. The van der Waals surface area contributed by atoms with Crippen molar-refractivity contribution in [2.75, 3.05) is 68.5 Å². The van der Waals surface area contributed by atoms with Gasteiger partial charge in [0, 0.05) is 69.2 Å². The summed E-state index contributed by atoms with van der Waals surface area (Å²) >= 11 is 2.27. The first-order valence-corrected chi connectivity index (χ1v) is 34.0. The number of nitrogens with zero attached hydrogens (tertiary/aromatic N) is 1. The number of hydrogen-bond donors (Lipinski definition) is 10. The number of ketones is 1. The van der Waals surface area contributed by atoms with E-state index in [0.29, 0.717) is 15.7 Å². The fourth-order valence-corrected chi connectivity index (χ4v) is 15.5. The highest BCUT2D eigenvalue weighted by Crippen LogP contribution is 2.48. The number of benzene rings is 1. The van der Waals surface area contributed by atoms with Crippen LogP contribution in [-0.2, 0) is 57.1 Å². The number of aliphatic hydroxyl groups is 6. The summed E-state index contributed by atoms with van der Waals surface area (Å²) in [4.78, 5) is 47.8. The first-order chi connectivity index (χ1) is 43.2. The largest absolute Gasteiger partial charge is 0.492 e. The predicted octanol–water partition coefficient (Wildman–Crippen LogP) is 2.80. The van der Waals surface area contributed by atoms with Gasteiger partial charge in [0.15, 0.2) is 41.8 Å². The molecule has 26 nitrogen and oxygen atoms in total. The SMILES string of the molecule is CCN[C@H]1CO[C@@H](O[C@H]2[C@H](O[C@H]3C#CC=CC#C[C@]4(O)CC(=O)C(NC(=O)OC)=C3/C4=C\CSSC(C)(C)CC(=O)N(C)C)O[C@H](C)[C@@H](NO[C@H]3C[C@H](O)[C@H]([SH]=C(O)c4c(C)c(I)c(O[C@@H]5O[C@@H](C)[C@H](O)[C@@H](OC)[C@H]5O)c(OC)c4OC)[C@@H](C)O3)[C@@H]2O)C[C@@H]1OC. The monoisotopic (exact) mass is 1450 g/mol. The van der Waals surface area contributed by atoms with Crippen molar-refractivity contribution < 1.29 is 107 Å². The number of hydroxylamine groups is 1. The fourth-order valence-electron chi connectivity index (χ4n) is 11.2. The van der Waals surface area contributed by atoms with Gasteiger partial charge in [-0.3, -0.25) is 19.7 Å². The van der Waals surface area contributed by atoms with Gasteiger partial charge in [-0.15, -0.1) is 0 Å². The van der Waals surface area contributed by atoms with Gasteiger partial charge in [-0.1, -0.05) is 58.3 Å². The zero-order valence-electron chi connectivity index (χ0n) is 53.4. The topological polar surface area (TPSA) is 332 Å². The van der Waals surface area contributed by atoms with E-state index in [2.05, 4.69) is 39.8 Å². The first-order valence-electron chi connectivity index (χ1n) is 29.6. The number of thiol groups is 1. The molecule has 0 spiro atoms. The second-order valence-corrected chi connectivity index (χ2v) is 28.6. The molecule has 0 radical (unpaired) electrons. The molecule has 2 bridgehead atoms. The molecule has 0 saturated carbocycles. The van der Waals surface area contributed by atoms with Gasteiger partial charge in [0.1, 0.15) is 41.7 Å². The molecule has 4 aliphatic heterocycles. The highest BCUT2D eigenvalue weighted by Gasteiger charge is 2.52. The summed E-state index contributed by atoms with van der Waals surface area (Å²) in [6.07, 6.45) is -13.8. The van der Waals surface area contributed by atoms with Gasteiger partial charge in [0.2, 0.25) is 17.9 Å². The number of hydrogen-bond acceptors (Lipinski definition) is 25. The first kappa shape index (κ1) is 74.7. The van der Waals surface area contributed by atoms with Crippen LogP contribution in [0.2, 0.25) is 0 Å². The lowest BCUT2D eigenvalue weighted by Gasteiger charge is -2.46. The van der Waals surface area contributed by atoms with Gasteiger partial charge < -0.3 is 97.7 Å². The maximum absolute atomic E-state index is 14.3. The summed E-state index contributed by atoms with van der Waals surface area (Å²) in [6, 6.07) is -1.30. The van der Waals surface area contributed by atoms with Crippen molar-refractivity contribution in [3.05, 3.63) is 49.8 Å². The molecule has 4 heterocycles. The van der Waals surface area contributed by atoms with Crippen LogP contribution < -0.4 is 30.3 Å². The minimum absolute atomic E-state index is 0.0583. The number of methoxy groups -OCH3 is 5. The molecule has 2 amide bonds. The van der Waals surface area contributed by atoms with Crippen LogP contribution in [0.25, 0.3) is 0 Å². The van der Waals surface area contributed by atoms with Crippen LogP contribution in [-0.4, -0.2) is 247 Å². The van der Waals surface area contributed by atoms with E-state index in [9.17, 15) is 45.0 Å². The number of Topliss-reactive ketones (excluding diaryl/α,β-unsaturated/α-hetero) is 1. The van der Waals surface area contributed by atoms with E-state index in [4.69, 9.17) is 61.7 Å². The van der Waals surface area contributed by atoms with Crippen molar-refractivity contribution >= 4 is 78.4 Å². The summed E-state index contributed by atoms with van der Waals surface area (Å²) in [6.45, 7) is 13.3. The molecule has 4 fully saturated rings. The Labute approximate surface area is 556 Å². The van der Waals surface area contributed by atoms with Crippen LogP contribution in [0.1, 0.15) is 78.4 Å². The summed E-state index contributed by atoms with van der Waals surface area (Å²) in [5.41, 5.74) is 1.28. The van der Waals surface area contributed by atoms with Crippen molar-refractivity contribution in [3.63, 3.8) is 0 Å². The molecule has 7 rings (SSSR count). The number of allylic oxidation sites excluding steroid dienone is 3. The summed E-state index contributed by atoms with van der Waals surface area (Å²) in [5, 5.41) is 75.6. The van der Waals surface area contributed by atoms with Gasteiger partial charge in [-0.2, -0.15) is 16.8 Å². The van der Waals surface area contributed by atoms with E-state index in [1.165, 1.54) is 60.0 Å². The van der Waals surface area contributed by atoms with Crippen LogP contribution in [0.5, 0.6) is 17.2 Å². The lowest BCUT2D eigenvalue weighted by Crippen LogP contribution is -2.65. The second-order valence-electron chi connectivity index (χ2n) is 23.2. The number of ether oxygens (including phenoxy) is 12. The van der Waals surface area contributed by atoms with Gasteiger partial charge >= 0.3 is 6.09 Å².